The Balaban J connectivity index is 1.45. The highest BCUT2D eigenvalue weighted by Crippen LogP contribution is 2.35. The standard InChI is InChI=1S/C17H27N5O2/c1-10(2)15-19-16(21-20-15)13-5-3-4-8-22(13)17(23)18-12-9-11-6-7-14(12)24-11/h10-14H,3-9H2,1-2H3,(H,18,23)(H,19,20,21)/t11-,12-,13-,14+/m1/s1. The van der Waals surface area contributed by atoms with Gasteiger partial charge in [-0.3, -0.25) is 5.10 Å². The van der Waals surface area contributed by atoms with E-state index >= 15 is 0 Å². The van der Waals surface area contributed by atoms with E-state index in [1.54, 1.807) is 0 Å². The summed E-state index contributed by atoms with van der Waals surface area (Å²) < 4.78 is 5.85. The van der Waals surface area contributed by atoms with Crippen molar-refractivity contribution in [3.63, 3.8) is 0 Å². The number of likely N-dealkylation sites (tertiary alicyclic amines) is 1. The van der Waals surface area contributed by atoms with Gasteiger partial charge in [0.05, 0.1) is 24.3 Å². The fourth-order valence-corrected chi connectivity index (χ4v) is 4.19. The monoisotopic (exact) mass is 333 g/mol. The van der Waals surface area contributed by atoms with Gasteiger partial charge in [-0.05, 0) is 38.5 Å². The summed E-state index contributed by atoms with van der Waals surface area (Å²) in [5.41, 5.74) is 0. The Hall–Kier alpha value is -1.63. The molecule has 1 aromatic heterocycles. The van der Waals surface area contributed by atoms with Crippen molar-refractivity contribution >= 4 is 6.03 Å². The van der Waals surface area contributed by atoms with Gasteiger partial charge in [0, 0.05) is 12.5 Å². The zero-order valence-electron chi connectivity index (χ0n) is 14.5. The Kier molecular flexibility index (Phi) is 4.20. The fourth-order valence-electron chi connectivity index (χ4n) is 4.19. The number of hydrogen-bond donors (Lipinski definition) is 2. The Morgan fingerprint density at radius 1 is 1.33 bits per heavy atom. The first kappa shape index (κ1) is 15.9. The first-order chi connectivity index (χ1) is 11.6. The minimum atomic E-state index is -0.00161. The molecule has 4 rings (SSSR count). The number of aromatic nitrogens is 3. The van der Waals surface area contributed by atoms with Gasteiger partial charge in [-0.15, -0.1) is 0 Å². The third-order valence-electron chi connectivity index (χ3n) is 5.53. The van der Waals surface area contributed by atoms with Crippen molar-refractivity contribution in [2.75, 3.05) is 6.54 Å². The third kappa shape index (κ3) is 2.90. The maximum absolute atomic E-state index is 12.9. The molecule has 3 fully saturated rings. The van der Waals surface area contributed by atoms with E-state index in [0.717, 1.165) is 56.7 Å². The number of carbonyl (C=O) groups is 1. The summed E-state index contributed by atoms with van der Waals surface area (Å²) in [5, 5.41) is 10.6. The van der Waals surface area contributed by atoms with E-state index in [2.05, 4.69) is 34.3 Å². The number of carbonyl (C=O) groups excluding carboxylic acids is 1. The lowest BCUT2D eigenvalue weighted by molar-refractivity contribution is 0.0949. The molecular weight excluding hydrogens is 306 g/mol. The summed E-state index contributed by atoms with van der Waals surface area (Å²) in [4.78, 5) is 19.4. The van der Waals surface area contributed by atoms with Crippen molar-refractivity contribution in [1.82, 2.24) is 25.4 Å². The minimum Gasteiger partial charge on any atom is -0.373 e. The number of nitrogens with zero attached hydrogens (tertiary/aromatic N) is 3. The number of H-pyrrole nitrogens is 1. The summed E-state index contributed by atoms with van der Waals surface area (Å²) in [6, 6.07) is 0.182. The van der Waals surface area contributed by atoms with Crippen LogP contribution in [-0.2, 0) is 4.74 Å². The molecule has 0 aromatic carbocycles. The van der Waals surface area contributed by atoms with Crippen LogP contribution in [0.5, 0.6) is 0 Å². The molecular formula is C17H27N5O2. The maximum Gasteiger partial charge on any atom is 0.318 e. The van der Waals surface area contributed by atoms with Crippen molar-refractivity contribution in [3.8, 4) is 0 Å². The van der Waals surface area contributed by atoms with Crippen LogP contribution in [0.4, 0.5) is 4.79 Å². The zero-order valence-corrected chi connectivity index (χ0v) is 14.5. The van der Waals surface area contributed by atoms with Gasteiger partial charge in [-0.25, -0.2) is 9.78 Å². The number of ether oxygens (including phenoxy) is 1. The minimum absolute atomic E-state index is 0.00161. The predicted octanol–water partition coefficient (Wildman–Crippen LogP) is 2.48. The topological polar surface area (TPSA) is 83.1 Å². The lowest BCUT2D eigenvalue weighted by atomic mass is 9.95. The smallest absolute Gasteiger partial charge is 0.318 e. The molecule has 3 aliphatic rings. The molecule has 0 spiro atoms. The lowest BCUT2D eigenvalue weighted by Gasteiger charge is -2.35. The lowest BCUT2D eigenvalue weighted by Crippen LogP contribution is -2.50. The van der Waals surface area contributed by atoms with Gasteiger partial charge in [-0.2, -0.15) is 5.10 Å². The van der Waals surface area contributed by atoms with Crippen molar-refractivity contribution in [2.45, 2.75) is 82.6 Å². The van der Waals surface area contributed by atoms with Crippen LogP contribution in [0, 0.1) is 0 Å². The van der Waals surface area contributed by atoms with Gasteiger partial charge >= 0.3 is 6.03 Å². The van der Waals surface area contributed by atoms with Crippen LogP contribution >= 0.6 is 0 Å². The van der Waals surface area contributed by atoms with Gasteiger partial charge in [0.2, 0.25) is 0 Å². The fraction of sp³-hybridized carbons (Fsp3) is 0.824. The highest BCUT2D eigenvalue weighted by atomic mass is 16.5. The second-order valence-electron chi connectivity index (χ2n) is 7.60. The molecule has 3 saturated heterocycles. The molecule has 0 saturated carbocycles. The molecule has 2 N–H and O–H groups in total. The second kappa shape index (κ2) is 6.35. The Morgan fingerprint density at radius 2 is 2.21 bits per heavy atom. The number of aromatic amines is 1. The second-order valence-corrected chi connectivity index (χ2v) is 7.60. The van der Waals surface area contributed by atoms with Crippen molar-refractivity contribution in [1.29, 1.82) is 0 Å². The molecule has 0 aliphatic carbocycles. The number of amides is 2. The van der Waals surface area contributed by atoms with Crippen LogP contribution in [0.15, 0.2) is 0 Å². The number of nitrogens with one attached hydrogen (secondary N) is 2. The predicted molar refractivity (Wildman–Crippen MR) is 88.6 cm³/mol. The summed E-state index contributed by atoms with van der Waals surface area (Å²) >= 11 is 0. The molecule has 132 valence electrons. The third-order valence-corrected chi connectivity index (χ3v) is 5.53. The van der Waals surface area contributed by atoms with Crippen molar-refractivity contribution in [2.24, 2.45) is 0 Å². The van der Waals surface area contributed by atoms with E-state index < -0.39 is 0 Å². The van der Waals surface area contributed by atoms with E-state index in [-0.39, 0.29) is 30.1 Å². The van der Waals surface area contributed by atoms with Crippen LogP contribution in [-0.4, -0.2) is 50.9 Å². The first-order valence-electron chi connectivity index (χ1n) is 9.26. The van der Waals surface area contributed by atoms with Gasteiger partial charge < -0.3 is 15.0 Å². The SMILES string of the molecule is CC(C)c1n[nH]c([C@H]2CCCCN2C(=O)N[C@@H]2C[C@H]3CC[C@@H]2O3)n1. The highest BCUT2D eigenvalue weighted by Gasteiger charge is 2.42. The Labute approximate surface area is 142 Å². The largest absolute Gasteiger partial charge is 0.373 e. The van der Waals surface area contributed by atoms with Crippen LogP contribution < -0.4 is 5.32 Å². The molecule has 24 heavy (non-hydrogen) atoms. The molecule has 1 aromatic rings. The number of hydrogen-bond acceptors (Lipinski definition) is 4. The molecule has 2 amide bonds. The van der Waals surface area contributed by atoms with Crippen LogP contribution in [0.3, 0.4) is 0 Å². The van der Waals surface area contributed by atoms with E-state index in [1.165, 1.54) is 0 Å². The van der Waals surface area contributed by atoms with Crippen molar-refractivity contribution in [3.05, 3.63) is 11.6 Å². The Morgan fingerprint density at radius 3 is 2.88 bits per heavy atom. The quantitative estimate of drug-likeness (QED) is 0.890. The van der Waals surface area contributed by atoms with Crippen LogP contribution in [0.2, 0.25) is 0 Å². The molecule has 4 atom stereocenters. The van der Waals surface area contributed by atoms with Crippen LogP contribution in [0.25, 0.3) is 0 Å². The van der Waals surface area contributed by atoms with E-state index in [4.69, 9.17) is 4.74 Å². The highest BCUT2D eigenvalue weighted by molar-refractivity contribution is 5.75. The molecule has 3 aliphatic heterocycles. The van der Waals surface area contributed by atoms with Crippen molar-refractivity contribution < 1.29 is 9.53 Å². The van der Waals surface area contributed by atoms with Gasteiger partial charge in [0.1, 0.15) is 5.82 Å². The van der Waals surface area contributed by atoms with E-state index in [9.17, 15) is 4.79 Å². The average molecular weight is 333 g/mol. The number of urea groups is 1. The van der Waals surface area contributed by atoms with Gasteiger partial charge in [0.25, 0.3) is 0 Å². The normalized spacial score (nSPS) is 32.5. The summed E-state index contributed by atoms with van der Waals surface area (Å²) in [5.74, 6) is 1.92. The van der Waals surface area contributed by atoms with E-state index in [1.807, 2.05) is 4.90 Å². The van der Waals surface area contributed by atoms with Gasteiger partial charge in [0.15, 0.2) is 5.82 Å². The first-order valence-corrected chi connectivity index (χ1v) is 9.26. The van der Waals surface area contributed by atoms with Gasteiger partial charge in [-0.1, -0.05) is 13.8 Å². The number of rotatable bonds is 3. The number of fused-ring (bicyclic) bond motifs is 2. The molecule has 4 heterocycles. The molecule has 7 nitrogen and oxygen atoms in total. The number of piperidine rings is 1. The molecule has 2 bridgehead atoms. The summed E-state index contributed by atoms with van der Waals surface area (Å²) in [7, 11) is 0. The summed E-state index contributed by atoms with van der Waals surface area (Å²) in [6.45, 7) is 4.93. The molecule has 7 heteroatoms. The van der Waals surface area contributed by atoms with E-state index in [0.29, 0.717) is 6.10 Å². The Bertz CT molecular complexity index is 602. The maximum atomic E-state index is 12.9. The summed E-state index contributed by atoms with van der Waals surface area (Å²) in [6.07, 6.45) is 6.81. The zero-order chi connectivity index (χ0) is 16.7. The average Bonchev–Trinajstić information content (AvgIpc) is 3.31. The molecule has 0 radical (unpaired) electrons. The van der Waals surface area contributed by atoms with Crippen LogP contribution in [0.1, 0.15) is 76.0 Å². The molecule has 0 unspecified atom stereocenters.